The van der Waals surface area contributed by atoms with E-state index < -0.39 is 38.7 Å². The Kier molecular flexibility index (Phi) is 4.63. The van der Waals surface area contributed by atoms with Crippen LogP contribution in [0.1, 0.15) is 28.4 Å². The molecule has 2 heterocycles. The summed E-state index contributed by atoms with van der Waals surface area (Å²) >= 11 is 0. The van der Waals surface area contributed by atoms with E-state index in [1.54, 1.807) is 0 Å². The van der Waals surface area contributed by atoms with E-state index in [0.717, 1.165) is 12.1 Å². The lowest BCUT2D eigenvalue weighted by atomic mass is 10.0. The molecule has 0 aliphatic heterocycles. The topological polar surface area (TPSA) is 116 Å². The molecule has 0 fully saturated rings. The van der Waals surface area contributed by atoms with Crippen LogP contribution in [0.3, 0.4) is 0 Å². The fourth-order valence-electron chi connectivity index (χ4n) is 2.47. The lowest BCUT2D eigenvalue weighted by Crippen LogP contribution is -2.17. The average Bonchev–Trinajstić information content (AvgIpc) is 3.07. The van der Waals surface area contributed by atoms with Crippen LogP contribution in [-0.4, -0.2) is 29.9 Å². The Morgan fingerprint density at radius 3 is 2.78 bits per heavy atom. The maximum Gasteiger partial charge on any atom is 0.232 e. The van der Waals surface area contributed by atoms with Crippen LogP contribution in [-0.2, 0) is 10.0 Å². The second-order valence-electron chi connectivity index (χ2n) is 5.55. The number of ketones is 1. The van der Waals surface area contributed by atoms with Crippen molar-refractivity contribution in [3.05, 3.63) is 58.9 Å². The molecule has 2 aromatic heterocycles. The van der Waals surface area contributed by atoms with Crippen molar-refractivity contribution in [3.63, 3.8) is 0 Å². The maximum absolute atomic E-state index is 14.7. The highest BCUT2D eigenvalue weighted by molar-refractivity contribution is 7.92. The first kappa shape index (κ1) is 18.5. The lowest BCUT2D eigenvalue weighted by molar-refractivity contribution is 0.103. The third kappa shape index (κ3) is 3.37. The first-order valence-corrected chi connectivity index (χ1v) is 9.33. The number of rotatable bonds is 5. The predicted molar refractivity (Wildman–Crippen MR) is 93.7 cm³/mol. The van der Waals surface area contributed by atoms with Gasteiger partial charge in [-0.25, -0.2) is 22.2 Å². The van der Waals surface area contributed by atoms with Gasteiger partial charge in [0.05, 0.1) is 22.6 Å². The van der Waals surface area contributed by atoms with Gasteiger partial charge in [0, 0.05) is 23.3 Å². The van der Waals surface area contributed by atoms with Gasteiger partial charge in [0.15, 0.2) is 5.82 Å². The van der Waals surface area contributed by atoms with Crippen LogP contribution in [0.25, 0.3) is 11.0 Å². The Morgan fingerprint density at radius 1 is 1.37 bits per heavy atom. The number of carbonyl (C=O) groups excluding carboxylic acids is 1. The number of benzene rings is 1. The molecule has 0 saturated carbocycles. The van der Waals surface area contributed by atoms with Gasteiger partial charge in [0.2, 0.25) is 15.8 Å². The number of halogens is 2. The van der Waals surface area contributed by atoms with E-state index >= 15 is 0 Å². The van der Waals surface area contributed by atoms with Gasteiger partial charge in [-0.15, -0.1) is 0 Å². The van der Waals surface area contributed by atoms with E-state index in [9.17, 15) is 22.0 Å². The van der Waals surface area contributed by atoms with Crippen molar-refractivity contribution in [2.45, 2.75) is 6.92 Å². The summed E-state index contributed by atoms with van der Waals surface area (Å²) in [7, 11) is -3.82. The number of nitrogens with one attached hydrogen (secondary N) is 2. The molecule has 0 radical (unpaired) electrons. The first-order chi connectivity index (χ1) is 12.8. The molecule has 10 heteroatoms. The summed E-state index contributed by atoms with van der Waals surface area (Å²) in [6.45, 7) is 1.35. The molecule has 1 aromatic carbocycles. The number of carbonyl (C=O) groups is 1. The number of aromatic amines is 1. The second kappa shape index (κ2) is 6.77. The standard InChI is InChI=1S/C17H12F2N4O3S/c1-2-27(25,26)23-13-4-3-12(18)14(15(13)19)16(24)11-8-22-17-10(11)5-9(6-20)7-21-17/h3-5,7-8,23H,2H2,1H3,(H,21,22). The molecule has 7 nitrogen and oxygen atoms in total. The summed E-state index contributed by atoms with van der Waals surface area (Å²) in [6.07, 6.45) is 2.51. The predicted octanol–water partition coefficient (Wildman–Crippen LogP) is 2.71. The van der Waals surface area contributed by atoms with Crippen molar-refractivity contribution in [1.29, 1.82) is 5.26 Å². The number of aromatic nitrogens is 2. The quantitative estimate of drug-likeness (QED) is 0.650. The van der Waals surface area contributed by atoms with Crippen molar-refractivity contribution >= 4 is 32.5 Å². The van der Waals surface area contributed by atoms with Gasteiger partial charge < -0.3 is 4.98 Å². The third-order valence-corrected chi connectivity index (χ3v) is 5.16. The monoisotopic (exact) mass is 390 g/mol. The highest BCUT2D eigenvalue weighted by Gasteiger charge is 2.25. The summed E-state index contributed by atoms with van der Waals surface area (Å²) in [4.78, 5) is 19.4. The van der Waals surface area contributed by atoms with Crippen molar-refractivity contribution in [2.75, 3.05) is 10.5 Å². The molecule has 0 spiro atoms. The largest absolute Gasteiger partial charge is 0.345 e. The minimum absolute atomic E-state index is 0.0945. The molecular formula is C17H12F2N4O3S. The molecule has 0 atom stereocenters. The van der Waals surface area contributed by atoms with E-state index in [1.807, 2.05) is 10.8 Å². The number of fused-ring (bicyclic) bond motifs is 1. The number of nitrogens with zero attached hydrogens (tertiary/aromatic N) is 2. The number of anilines is 1. The Bertz CT molecular complexity index is 1210. The molecular weight excluding hydrogens is 378 g/mol. The van der Waals surface area contributed by atoms with Gasteiger partial charge in [0.1, 0.15) is 17.5 Å². The zero-order valence-corrected chi connectivity index (χ0v) is 14.7. The van der Waals surface area contributed by atoms with Crippen molar-refractivity contribution in [2.24, 2.45) is 0 Å². The van der Waals surface area contributed by atoms with Gasteiger partial charge in [0.25, 0.3) is 0 Å². The molecule has 0 aliphatic carbocycles. The van der Waals surface area contributed by atoms with E-state index in [0.29, 0.717) is 0 Å². The SMILES string of the molecule is CCS(=O)(=O)Nc1ccc(F)c(C(=O)c2c[nH]c3ncc(C#N)cc23)c1F. The minimum Gasteiger partial charge on any atom is -0.345 e. The summed E-state index contributed by atoms with van der Waals surface area (Å²) < 4.78 is 54.2. The molecule has 0 unspecified atom stereocenters. The van der Waals surface area contributed by atoms with Gasteiger partial charge in [-0.2, -0.15) is 5.26 Å². The van der Waals surface area contributed by atoms with Crippen LogP contribution in [0.2, 0.25) is 0 Å². The smallest absolute Gasteiger partial charge is 0.232 e. The van der Waals surface area contributed by atoms with Gasteiger partial charge >= 0.3 is 0 Å². The molecule has 0 amide bonds. The number of hydrogen-bond acceptors (Lipinski definition) is 5. The molecule has 138 valence electrons. The zero-order valence-electron chi connectivity index (χ0n) is 13.9. The highest BCUT2D eigenvalue weighted by Crippen LogP contribution is 2.27. The number of sulfonamides is 1. The van der Waals surface area contributed by atoms with E-state index in [2.05, 4.69) is 9.97 Å². The Balaban J connectivity index is 2.14. The fourth-order valence-corrected chi connectivity index (χ4v) is 3.10. The van der Waals surface area contributed by atoms with Crippen molar-refractivity contribution < 1.29 is 22.0 Å². The number of hydrogen-bond donors (Lipinski definition) is 2. The Hall–Kier alpha value is -3.32. The average molecular weight is 390 g/mol. The molecule has 3 aromatic rings. The molecule has 0 aliphatic rings. The van der Waals surface area contributed by atoms with Crippen LogP contribution in [0.15, 0.2) is 30.6 Å². The first-order valence-electron chi connectivity index (χ1n) is 7.67. The lowest BCUT2D eigenvalue weighted by Gasteiger charge is -2.10. The number of nitriles is 1. The van der Waals surface area contributed by atoms with Crippen LogP contribution >= 0.6 is 0 Å². The minimum atomic E-state index is -3.82. The van der Waals surface area contributed by atoms with E-state index in [4.69, 9.17) is 5.26 Å². The highest BCUT2D eigenvalue weighted by atomic mass is 32.2. The van der Waals surface area contributed by atoms with Crippen molar-refractivity contribution in [1.82, 2.24) is 9.97 Å². The normalized spacial score (nSPS) is 11.3. The summed E-state index contributed by atoms with van der Waals surface area (Å²) in [5.74, 6) is -3.80. The summed E-state index contributed by atoms with van der Waals surface area (Å²) in [5.41, 5.74) is -1.10. The van der Waals surface area contributed by atoms with Crippen molar-refractivity contribution in [3.8, 4) is 6.07 Å². The Labute approximate surface area is 152 Å². The van der Waals surface area contributed by atoms with Gasteiger partial charge in [-0.05, 0) is 25.1 Å². The zero-order chi connectivity index (χ0) is 19.8. The molecule has 3 rings (SSSR count). The number of pyridine rings is 1. The summed E-state index contributed by atoms with van der Waals surface area (Å²) in [5, 5.41) is 9.19. The van der Waals surface area contributed by atoms with Gasteiger partial charge in [-0.3, -0.25) is 9.52 Å². The molecule has 27 heavy (non-hydrogen) atoms. The van der Waals surface area contributed by atoms with Crippen LogP contribution < -0.4 is 4.72 Å². The maximum atomic E-state index is 14.7. The van der Waals surface area contributed by atoms with Crippen LogP contribution in [0, 0.1) is 23.0 Å². The second-order valence-corrected chi connectivity index (χ2v) is 7.56. The Morgan fingerprint density at radius 2 is 2.11 bits per heavy atom. The van der Waals surface area contributed by atoms with Crippen LogP contribution in [0.5, 0.6) is 0 Å². The number of H-pyrrole nitrogens is 1. The molecule has 0 saturated heterocycles. The summed E-state index contributed by atoms with van der Waals surface area (Å²) in [6, 6.07) is 4.94. The fraction of sp³-hybridized carbons (Fsp3) is 0.118. The van der Waals surface area contributed by atoms with Gasteiger partial charge in [-0.1, -0.05) is 0 Å². The van der Waals surface area contributed by atoms with Crippen LogP contribution in [0.4, 0.5) is 14.5 Å². The third-order valence-electron chi connectivity index (χ3n) is 3.87. The molecule has 0 bridgehead atoms. The molecule has 2 N–H and O–H groups in total. The van der Waals surface area contributed by atoms with E-state index in [1.165, 1.54) is 25.4 Å². The van der Waals surface area contributed by atoms with E-state index in [-0.39, 0.29) is 27.9 Å².